The number of imide groups is 1. The Morgan fingerprint density at radius 1 is 1.04 bits per heavy atom. The Morgan fingerprint density at radius 2 is 1.80 bits per heavy atom. The largest absolute Gasteiger partial charge is 0.461 e. The number of rotatable bonds is 9. The van der Waals surface area contributed by atoms with Gasteiger partial charge < -0.3 is 33.9 Å². The molecule has 2 amide bonds. The summed E-state index contributed by atoms with van der Waals surface area (Å²) >= 11 is 0. The molecule has 2 N–H and O–H groups in total. The number of carbonyl (C=O) groups is 3. The summed E-state index contributed by atoms with van der Waals surface area (Å²) in [5, 5.41) is 26.6. The number of fused-ring (bicyclic) bond motifs is 2. The average molecular weight is 681 g/mol. The van der Waals surface area contributed by atoms with Crippen molar-refractivity contribution in [2.75, 3.05) is 53.0 Å². The highest BCUT2D eigenvalue weighted by Crippen LogP contribution is 2.80. The standard InChI is InChI=1S/C37H48N2O10/c1-7-38-17-34(18-49-32(42)20-10-8-9-11-23(20)39-26(40)14-19(2)31(39)41)13-12-25(46-4)36-22-15-21-24(45-3)16-35(43,27(22)28(21)47-5)37(44,33(36)38)30(48-6)29(34)36/h8-11,14,21-22,24-25,27-30,33,43-44H,7,12-13,15-18H2,1-6H3/t21-,22-,24+,25+,27-,28+,29-,30+,33+,34+,35-,36+,37+/m1/s1. The van der Waals surface area contributed by atoms with Gasteiger partial charge in [-0.25, -0.2) is 9.69 Å². The molecule has 8 rings (SSSR count). The Hall–Kier alpha value is -2.71. The van der Waals surface area contributed by atoms with Gasteiger partial charge in [0.15, 0.2) is 0 Å². The van der Waals surface area contributed by atoms with Crippen LogP contribution in [0.1, 0.15) is 49.9 Å². The number of nitrogens with zero attached hydrogens (tertiary/aromatic N) is 2. The minimum atomic E-state index is -1.70. The van der Waals surface area contributed by atoms with E-state index < -0.39 is 52.0 Å². The number of carbonyl (C=O) groups excluding carboxylic acids is 3. The summed E-state index contributed by atoms with van der Waals surface area (Å²) in [7, 11) is 6.68. The van der Waals surface area contributed by atoms with Crippen molar-refractivity contribution < 1.29 is 48.3 Å². The molecule has 12 heteroatoms. The number of esters is 1. The lowest BCUT2D eigenvalue weighted by Crippen LogP contribution is -2.82. The zero-order valence-electron chi connectivity index (χ0n) is 29.1. The number of ether oxygens (including phenoxy) is 5. The molecule has 12 nitrogen and oxygen atoms in total. The van der Waals surface area contributed by atoms with Crippen LogP contribution in [0.2, 0.25) is 0 Å². The third kappa shape index (κ3) is 3.81. The fourth-order valence-corrected chi connectivity index (χ4v) is 12.9. The van der Waals surface area contributed by atoms with Crippen LogP contribution >= 0.6 is 0 Å². The van der Waals surface area contributed by atoms with Gasteiger partial charge in [-0.1, -0.05) is 19.1 Å². The fraction of sp³-hybridized carbons (Fsp3) is 0.703. The maximum Gasteiger partial charge on any atom is 0.340 e. The molecule has 0 aromatic heterocycles. The van der Waals surface area contributed by atoms with Gasteiger partial charge in [0.25, 0.3) is 11.8 Å². The second-order valence-corrected chi connectivity index (χ2v) is 15.6. The molecule has 5 saturated carbocycles. The number of methoxy groups -OCH3 is 4. The van der Waals surface area contributed by atoms with Crippen molar-refractivity contribution in [1.82, 2.24) is 4.90 Å². The first-order valence-corrected chi connectivity index (χ1v) is 17.6. The molecular weight excluding hydrogens is 632 g/mol. The lowest BCUT2D eigenvalue weighted by atomic mass is 9.42. The summed E-state index contributed by atoms with van der Waals surface area (Å²) in [6.45, 7) is 4.78. The second-order valence-electron chi connectivity index (χ2n) is 15.6. The van der Waals surface area contributed by atoms with Crippen LogP contribution < -0.4 is 4.90 Å². The molecule has 2 heterocycles. The van der Waals surface area contributed by atoms with Crippen molar-refractivity contribution in [2.45, 2.75) is 81.2 Å². The Labute approximate surface area is 286 Å². The smallest absolute Gasteiger partial charge is 0.340 e. The lowest BCUT2D eigenvalue weighted by molar-refractivity contribution is -0.320. The topological polar surface area (TPSA) is 144 Å². The van der Waals surface area contributed by atoms with Crippen molar-refractivity contribution in [1.29, 1.82) is 0 Å². The van der Waals surface area contributed by atoms with E-state index in [0.29, 0.717) is 31.5 Å². The summed E-state index contributed by atoms with van der Waals surface area (Å²) in [6.07, 6.45) is 1.94. The van der Waals surface area contributed by atoms with Gasteiger partial charge >= 0.3 is 5.97 Å². The molecule has 1 spiro atoms. The number of likely N-dealkylation sites (tertiary alicyclic amines) is 1. The number of likely N-dealkylation sites (N-methyl/N-ethyl adjacent to an activating group) is 1. The van der Waals surface area contributed by atoms with E-state index >= 15 is 0 Å². The van der Waals surface area contributed by atoms with E-state index in [9.17, 15) is 24.6 Å². The van der Waals surface area contributed by atoms with E-state index in [0.717, 1.165) is 11.3 Å². The molecule has 7 bridgehead atoms. The minimum Gasteiger partial charge on any atom is -0.461 e. The maximum absolute atomic E-state index is 14.0. The predicted octanol–water partition coefficient (Wildman–Crippen LogP) is 1.96. The molecule has 6 fully saturated rings. The van der Waals surface area contributed by atoms with Crippen molar-refractivity contribution >= 4 is 23.5 Å². The van der Waals surface area contributed by atoms with Gasteiger partial charge in [0, 0.05) is 81.6 Å². The van der Waals surface area contributed by atoms with Crippen molar-refractivity contribution in [3.05, 3.63) is 41.5 Å². The van der Waals surface area contributed by atoms with E-state index in [1.165, 1.54) is 6.08 Å². The summed E-state index contributed by atoms with van der Waals surface area (Å²) in [6, 6.07) is 6.02. The van der Waals surface area contributed by atoms with Gasteiger partial charge in [-0.3, -0.25) is 14.5 Å². The van der Waals surface area contributed by atoms with Crippen LogP contribution in [0.3, 0.4) is 0 Å². The van der Waals surface area contributed by atoms with Crippen molar-refractivity contribution in [2.24, 2.45) is 34.5 Å². The van der Waals surface area contributed by atoms with Gasteiger partial charge in [-0.05, 0) is 50.8 Å². The molecule has 13 atom stereocenters. The number of hydrogen-bond acceptors (Lipinski definition) is 11. The highest BCUT2D eigenvalue weighted by molar-refractivity contribution is 6.31. The molecule has 0 unspecified atom stereocenters. The van der Waals surface area contributed by atoms with E-state index in [-0.39, 0.29) is 66.3 Å². The summed E-state index contributed by atoms with van der Waals surface area (Å²) in [4.78, 5) is 43.0. The number of anilines is 1. The summed E-state index contributed by atoms with van der Waals surface area (Å²) < 4.78 is 31.3. The van der Waals surface area contributed by atoms with Crippen LogP contribution in [0.5, 0.6) is 0 Å². The number of aliphatic hydroxyl groups is 2. The Kier molecular flexibility index (Phi) is 7.60. The molecule has 2 aliphatic heterocycles. The highest BCUT2D eigenvalue weighted by atomic mass is 16.5. The molecule has 49 heavy (non-hydrogen) atoms. The van der Waals surface area contributed by atoms with Crippen LogP contribution in [-0.4, -0.2) is 123 Å². The molecule has 1 saturated heterocycles. The molecular formula is C37H48N2O10. The second kappa shape index (κ2) is 11.1. The zero-order valence-corrected chi connectivity index (χ0v) is 29.1. The van der Waals surface area contributed by atoms with E-state index in [1.54, 1.807) is 59.6 Å². The maximum atomic E-state index is 14.0. The third-order valence-corrected chi connectivity index (χ3v) is 14.3. The van der Waals surface area contributed by atoms with Crippen molar-refractivity contribution in [3.63, 3.8) is 0 Å². The molecule has 1 aromatic rings. The Balaban J connectivity index is 1.23. The zero-order chi connectivity index (χ0) is 34.8. The van der Waals surface area contributed by atoms with Gasteiger partial charge in [0.05, 0.1) is 48.3 Å². The molecule has 266 valence electrons. The highest BCUT2D eigenvalue weighted by Gasteiger charge is 2.91. The SMILES string of the molecule is CCN1C[C@]2(COC(=O)c3ccccc3N3C(=O)C=C(C)C3=O)CC[C@H](OC)[C@@]34[C@@H]5C[C@H]6[C@H](OC)[C@@H]5[C@](O)(C[C@@H]6OC)[C@](O)([C@@H](OC)[C@H]23)[C@@H]14. The first-order valence-electron chi connectivity index (χ1n) is 17.6. The van der Waals surface area contributed by atoms with E-state index in [2.05, 4.69) is 11.8 Å². The quantitative estimate of drug-likeness (QED) is 0.292. The van der Waals surface area contributed by atoms with Crippen molar-refractivity contribution in [3.8, 4) is 0 Å². The monoisotopic (exact) mass is 680 g/mol. The first kappa shape index (κ1) is 33.4. The van der Waals surface area contributed by atoms with Gasteiger partial charge in [-0.15, -0.1) is 0 Å². The van der Waals surface area contributed by atoms with Crippen LogP contribution in [0, 0.1) is 34.5 Å². The Bertz CT molecular complexity index is 1620. The molecule has 1 aromatic carbocycles. The molecule has 7 aliphatic rings. The van der Waals surface area contributed by atoms with Gasteiger partial charge in [0.2, 0.25) is 0 Å². The average Bonchev–Trinajstić information content (AvgIpc) is 3.63. The summed E-state index contributed by atoms with van der Waals surface area (Å²) in [5.41, 5.74) is -3.99. The predicted molar refractivity (Wildman–Crippen MR) is 174 cm³/mol. The van der Waals surface area contributed by atoms with Crippen LogP contribution in [0.15, 0.2) is 35.9 Å². The van der Waals surface area contributed by atoms with Gasteiger partial charge in [0.1, 0.15) is 11.2 Å². The minimum absolute atomic E-state index is 0.0228. The third-order valence-electron chi connectivity index (χ3n) is 14.3. The van der Waals surface area contributed by atoms with E-state index in [1.807, 2.05) is 0 Å². The normalized spacial score (nSPS) is 46.3. The van der Waals surface area contributed by atoms with Crippen LogP contribution in [0.4, 0.5) is 5.69 Å². The molecule has 0 radical (unpaired) electrons. The van der Waals surface area contributed by atoms with E-state index in [4.69, 9.17) is 23.7 Å². The van der Waals surface area contributed by atoms with Crippen LogP contribution in [-0.2, 0) is 33.3 Å². The fourth-order valence-electron chi connectivity index (χ4n) is 12.9. The number of benzene rings is 1. The number of hydrogen-bond donors (Lipinski definition) is 2. The number of para-hydroxylation sites is 1. The Morgan fingerprint density at radius 3 is 2.43 bits per heavy atom. The number of amides is 2. The van der Waals surface area contributed by atoms with Crippen LogP contribution in [0.25, 0.3) is 0 Å². The number of piperidine rings is 1. The first-order chi connectivity index (χ1) is 23.4. The lowest BCUT2D eigenvalue weighted by Gasteiger charge is -2.70. The van der Waals surface area contributed by atoms with Gasteiger partial charge in [-0.2, -0.15) is 0 Å². The molecule has 5 aliphatic carbocycles. The summed E-state index contributed by atoms with van der Waals surface area (Å²) in [5.74, 6) is -2.36.